The van der Waals surface area contributed by atoms with E-state index in [4.69, 9.17) is 0 Å². The van der Waals surface area contributed by atoms with Gasteiger partial charge in [-0.25, -0.2) is 0 Å². The van der Waals surface area contributed by atoms with Crippen molar-refractivity contribution in [1.29, 1.82) is 0 Å². The van der Waals surface area contributed by atoms with Crippen molar-refractivity contribution in [2.75, 3.05) is 7.05 Å². The quantitative estimate of drug-likeness (QED) is 0.668. The van der Waals surface area contributed by atoms with Crippen molar-refractivity contribution >= 4 is 5.91 Å². The molecule has 0 rings (SSSR count). The Kier molecular flexibility index (Phi) is 4.92. The fourth-order valence-corrected chi connectivity index (χ4v) is 1.26. The van der Waals surface area contributed by atoms with Crippen molar-refractivity contribution in [3.63, 3.8) is 0 Å². The predicted molar refractivity (Wildman–Crippen MR) is 49.4 cm³/mol. The molecule has 1 atom stereocenters. The molecule has 2 heteroatoms. The summed E-state index contributed by atoms with van der Waals surface area (Å²) in [5.41, 5.74) is 0. The molecule has 0 aromatic heterocycles. The fraction of sp³-hybridized carbons (Fsp3) is 0.889. The van der Waals surface area contributed by atoms with Crippen LogP contribution in [0.3, 0.4) is 0 Å². The molecule has 2 nitrogen and oxygen atoms in total. The number of hydrogen-bond acceptors (Lipinski definition) is 1. The second-order valence-corrected chi connectivity index (χ2v) is 3.25. The van der Waals surface area contributed by atoms with Gasteiger partial charge in [-0.2, -0.15) is 0 Å². The van der Waals surface area contributed by atoms with Crippen LogP contribution in [0, 0.1) is 11.8 Å². The van der Waals surface area contributed by atoms with Crippen LogP contribution >= 0.6 is 0 Å². The molecule has 11 heavy (non-hydrogen) atoms. The van der Waals surface area contributed by atoms with Gasteiger partial charge in [0.25, 0.3) is 0 Å². The minimum Gasteiger partial charge on any atom is -0.359 e. The molecule has 0 radical (unpaired) electrons. The van der Waals surface area contributed by atoms with Gasteiger partial charge in [0, 0.05) is 14.4 Å². The number of carbonyl (C=O) groups is 1. The van der Waals surface area contributed by atoms with Gasteiger partial charge < -0.3 is 5.32 Å². The standard InChI is InChI=1S/C9H19NO.H2/c1-5-6-8(7(2)3)9(11)10-4;/h7-8H,5-6H2,1-4H3,(H,10,11);1H/t8-;/m1./s1. The third-order valence-electron chi connectivity index (χ3n) is 1.99. The summed E-state index contributed by atoms with van der Waals surface area (Å²) in [6.45, 7) is 6.30. The van der Waals surface area contributed by atoms with Crippen molar-refractivity contribution < 1.29 is 6.22 Å². The molecule has 0 aliphatic carbocycles. The summed E-state index contributed by atoms with van der Waals surface area (Å²) in [6.07, 6.45) is 2.08. The minimum absolute atomic E-state index is 0. The maximum Gasteiger partial charge on any atom is 0.223 e. The van der Waals surface area contributed by atoms with E-state index in [1.54, 1.807) is 7.05 Å². The summed E-state index contributed by atoms with van der Waals surface area (Å²) in [4.78, 5) is 11.2. The molecule has 0 aliphatic rings. The Labute approximate surface area is 70.9 Å². The lowest BCUT2D eigenvalue weighted by Crippen LogP contribution is -2.30. The van der Waals surface area contributed by atoms with Crippen LogP contribution in [0.4, 0.5) is 0 Å². The molecule has 1 amide bonds. The zero-order valence-corrected chi connectivity index (χ0v) is 7.98. The number of amides is 1. The summed E-state index contributed by atoms with van der Waals surface area (Å²) in [5, 5.41) is 2.69. The van der Waals surface area contributed by atoms with E-state index in [0.717, 1.165) is 12.8 Å². The smallest absolute Gasteiger partial charge is 0.223 e. The third-order valence-corrected chi connectivity index (χ3v) is 1.99. The monoisotopic (exact) mass is 159 g/mol. The molecule has 0 unspecified atom stereocenters. The van der Waals surface area contributed by atoms with Crippen LogP contribution in [0.25, 0.3) is 0 Å². The van der Waals surface area contributed by atoms with Crippen LogP contribution in [0.5, 0.6) is 0 Å². The highest BCUT2D eigenvalue weighted by molar-refractivity contribution is 5.78. The largest absolute Gasteiger partial charge is 0.359 e. The molecular weight excluding hydrogens is 138 g/mol. The van der Waals surface area contributed by atoms with Gasteiger partial charge in [-0.3, -0.25) is 4.79 Å². The minimum atomic E-state index is 0. The highest BCUT2D eigenvalue weighted by atomic mass is 16.1. The van der Waals surface area contributed by atoms with Crippen LogP contribution in [-0.4, -0.2) is 13.0 Å². The van der Waals surface area contributed by atoms with Crippen LogP contribution in [0.1, 0.15) is 35.0 Å². The average molecular weight is 159 g/mol. The Morgan fingerprint density at radius 3 is 2.36 bits per heavy atom. The predicted octanol–water partition coefficient (Wildman–Crippen LogP) is 2.05. The van der Waals surface area contributed by atoms with Crippen LogP contribution in [-0.2, 0) is 4.79 Å². The molecule has 0 bridgehead atoms. The summed E-state index contributed by atoms with van der Waals surface area (Å²) in [5.74, 6) is 0.835. The van der Waals surface area contributed by atoms with E-state index in [9.17, 15) is 4.79 Å². The first-order chi connectivity index (χ1) is 5.13. The van der Waals surface area contributed by atoms with Crippen molar-refractivity contribution in [3.8, 4) is 0 Å². The van der Waals surface area contributed by atoms with E-state index >= 15 is 0 Å². The molecule has 68 valence electrons. The van der Waals surface area contributed by atoms with E-state index < -0.39 is 0 Å². The van der Waals surface area contributed by atoms with Gasteiger partial charge >= 0.3 is 0 Å². The zero-order valence-electron chi connectivity index (χ0n) is 7.98. The second kappa shape index (κ2) is 5.16. The highest BCUT2D eigenvalue weighted by Gasteiger charge is 2.19. The zero-order chi connectivity index (χ0) is 8.85. The van der Waals surface area contributed by atoms with Gasteiger partial charge in [-0.05, 0) is 12.3 Å². The maximum atomic E-state index is 11.2. The Bertz CT molecular complexity index is 126. The molecule has 0 saturated heterocycles. The van der Waals surface area contributed by atoms with Gasteiger partial charge in [0.1, 0.15) is 0 Å². The highest BCUT2D eigenvalue weighted by Crippen LogP contribution is 2.16. The molecular formula is C9H21NO. The average Bonchev–Trinajstić information content (AvgIpc) is 1.98. The van der Waals surface area contributed by atoms with Crippen molar-refractivity contribution in [1.82, 2.24) is 5.32 Å². The Hall–Kier alpha value is -0.530. The first kappa shape index (κ1) is 10.5. The SMILES string of the molecule is CCC[C@@H](C(=O)NC)C(C)C.[HH]. The van der Waals surface area contributed by atoms with Crippen molar-refractivity contribution in [3.05, 3.63) is 0 Å². The van der Waals surface area contributed by atoms with Gasteiger partial charge in [0.2, 0.25) is 5.91 Å². The van der Waals surface area contributed by atoms with Crippen LogP contribution < -0.4 is 5.32 Å². The van der Waals surface area contributed by atoms with Gasteiger partial charge in [0.05, 0.1) is 0 Å². The molecule has 0 aliphatic heterocycles. The number of carbonyl (C=O) groups excluding carboxylic acids is 1. The van der Waals surface area contributed by atoms with Crippen LogP contribution in [0.2, 0.25) is 0 Å². The second-order valence-electron chi connectivity index (χ2n) is 3.25. The Morgan fingerprint density at radius 1 is 1.55 bits per heavy atom. The third kappa shape index (κ3) is 3.40. The van der Waals surface area contributed by atoms with E-state index in [2.05, 4.69) is 26.1 Å². The van der Waals surface area contributed by atoms with Crippen molar-refractivity contribution in [2.45, 2.75) is 33.6 Å². The lowest BCUT2D eigenvalue weighted by molar-refractivity contribution is -0.126. The lowest BCUT2D eigenvalue weighted by atomic mass is 9.91. The molecule has 0 saturated carbocycles. The fourth-order valence-electron chi connectivity index (χ4n) is 1.26. The molecule has 0 fully saturated rings. The Balaban J connectivity index is 0. The summed E-state index contributed by atoms with van der Waals surface area (Å²) in [6, 6.07) is 0. The Morgan fingerprint density at radius 2 is 2.09 bits per heavy atom. The van der Waals surface area contributed by atoms with E-state index in [1.165, 1.54) is 0 Å². The first-order valence-electron chi connectivity index (χ1n) is 4.35. The normalized spacial score (nSPS) is 13.2. The van der Waals surface area contributed by atoms with Gasteiger partial charge in [-0.1, -0.05) is 27.2 Å². The van der Waals surface area contributed by atoms with Crippen molar-refractivity contribution in [2.24, 2.45) is 11.8 Å². The van der Waals surface area contributed by atoms with Crippen LogP contribution in [0.15, 0.2) is 0 Å². The van der Waals surface area contributed by atoms with E-state index in [0.29, 0.717) is 5.92 Å². The number of nitrogens with one attached hydrogen (secondary N) is 1. The summed E-state index contributed by atoms with van der Waals surface area (Å²) in [7, 11) is 1.70. The number of rotatable bonds is 4. The molecule has 0 spiro atoms. The first-order valence-corrected chi connectivity index (χ1v) is 4.35. The van der Waals surface area contributed by atoms with E-state index in [-0.39, 0.29) is 13.3 Å². The lowest BCUT2D eigenvalue weighted by Gasteiger charge is -2.17. The van der Waals surface area contributed by atoms with Gasteiger partial charge in [0.15, 0.2) is 0 Å². The number of hydrogen-bond donors (Lipinski definition) is 1. The molecule has 0 heterocycles. The molecule has 0 aromatic carbocycles. The van der Waals surface area contributed by atoms with E-state index in [1.807, 2.05) is 0 Å². The molecule has 1 N–H and O–H groups in total. The maximum absolute atomic E-state index is 11.2. The topological polar surface area (TPSA) is 29.1 Å². The van der Waals surface area contributed by atoms with Gasteiger partial charge in [-0.15, -0.1) is 0 Å². The summed E-state index contributed by atoms with van der Waals surface area (Å²) < 4.78 is 0. The molecule has 0 aromatic rings. The summed E-state index contributed by atoms with van der Waals surface area (Å²) >= 11 is 0.